The van der Waals surface area contributed by atoms with Gasteiger partial charge in [-0.25, -0.2) is 9.89 Å². The molecule has 0 radical (unpaired) electrons. The highest BCUT2D eigenvalue weighted by Gasteiger charge is 2.30. The number of nitrogens with zero attached hydrogens (tertiary/aromatic N) is 2. The lowest BCUT2D eigenvalue weighted by atomic mass is 10.2. The van der Waals surface area contributed by atoms with Gasteiger partial charge in [0.15, 0.2) is 5.16 Å². The van der Waals surface area contributed by atoms with Crippen LogP contribution in [0.15, 0.2) is 33.0 Å². The van der Waals surface area contributed by atoms with Crippen molar-refractivity contribution in [3.63, 3.8) is 0 Å². The minimum atomic E-state index is -4.44. The molecule has 0 amide bonds. The van der Waals surface area contributed by atoms with Crippen molar-refractivity contribution in [2.45, 2.75) is 29.7 Å². The third-order valence-corrected chi connectivity index (χ3v) is 3.66. The molecule has 5 nitrogen and oxygen atoms in total. The van der Waals surface area contributed by atoms with Crippen molar-refractivity contribution in [3.05, 3.63) is 34.2 Å². The van der Waals surface area contributed by atoms with Crippen molar-refractivity contribution in [3.8, 4) is 0 Å². The van der Waals surface area contributed by atoms with Crippen molar-refractivity contribution < 1.29 is 13.2 Å². The molecule has 0 fully saturated rings. The van der Waals surface area contributed by atoms with E-state index in [0.717, 1.165) is 23.9 Å². The van der Waals surface area contributed by atoms with Crippen LogP contribution in [0.1, 0.15) is 12.5 Å². The molecular formula is C11H11F3N4OS. The maximum absolute atomic E-state index is 12.5. The maximum atomic E-state index is 12.5. The molecule has 3 N–H and O–H groups in total. The van der Waals surface area contributed by atoms with Gasteiger partial charge in [0.1, 0.15) is 0 Å². The van der Waals surface area contributed by atoms with Crippen molar-refractivity contribution >= 4 is 17.4 Å². The number of rotatable bonds is 3. The van der Waals surface area contributed by atoms with Crippen LogP contribution in [0, 0.1) is 0 Å². The molecule has 20 heavy (non-hydrogen) atoms. The molecule has 1 aromatic carbocycles. The van der Waals surface area contributed by atoms with E-state index in [2.05, 4.69) is 10.2 Å². The highest BCUT2D eigenvalue weighted by molar-refractivity contribution is 7.99. The van der Waals surface area contributed by atoms with E-state index in [1.807, 2.05) is 0 Å². The van der Waals surface area contributed by atoms with Crippen LogP contribution in [0.4, 0.5) is 18.9 Å². The minimum absolute atomic E-state index is 0.0112. The van der Waals surface area contributed by atoms with Crippen molar-refractivity contribution in [1.82, 2.24) is 14.8 Å². The maximum Gasteiger partial charge on any atom is 0.416 e. The Morgan fingerprint density at radius 3 is 2.70 bits per heavy atom. The molecule has 0 saturated carbocycles. The summed E-state index contributed by atoms with van der Waals surface area (Å²) in [4.78, 5) is 11.8. The van der Waals surface area contributed by atoms with Gasteiger partial charge in [-0.05, 0) is 36.9 Å². The van der Waals surface area contributed by atoms with Gasteiger partial charge in [-0.3, -0.25) is 4.57 Å². The molecule has 2 aromatic rings. The van der Waals surface area contributed by atoms with Gasteiger partial charge in [-0.2, -0.15) is 13.2 Å². The quantitative estimate of drug-likeness (QED) is 0.853. The Hall–Kier alpha value is -1.90. The summed E-state index contributed by atoms with van der Waals surface area (Å²) in [6, 6.07) is 3.07. The first-order valence-corrected chi connectivity index (χ1v) is 6.44. The molecule has 0 saturated heterocycles. The van der Waals surface area contributed by atoms with E-state index in [0.29, 0.717) is 16.6 Å². The topological polar surface area (TPSA) is 76.7 Å². The number of aromatic amines is 1. The number of nitrogens with one attached hydrogen (secondary N) is 1. The van der Waals surface area contributed by atoms with E-state index in [9.17, 15) is 18.0 Å². The van der Waals surface area contributed by atoms with Crippen LogP contribution in [0.25, 0.3) is 0 Å². The second-order valence-electron chi connectivity index (χ2n) is 3.91. The third kappa shape index (κ3) is 2.82. The van der Waals surface area contributed by atoms with Gasteiger partial charge in [0.25, 0.3) is 0 Å². The molecule has 0 bridgehead atoms. The number of hydrogen-bond acceptors (Lipinski definition) is 4. The van der Waals surface area contributed by atoms with Gasteiger partial charge in [0.05, 0.1) is 5.56 Å². The Kier molecular flexibility index (Phi) is 3.80. The van der Waals surface area contributed by atoms with Crippen LogP contribution in [0.2, 0.25) is 0 Å². The Balaban J connectivity index is 2.33. The minimum Gasteiger partial charge on any atom is -0.398 e. The summed E-state index contributed by atoms with van der Waals surface area (Å²) in [6.45, 7) is 2.16. The van der Waals surface area contributed by atoms with Crippen LogP contribution >= 0.6 is 11.8 Å². The summed E-state index contributed by atoms with van der Waals surface area (Å²) >= 11 is 1.03. The van der Waals surface area contributed by atoms with E-state index in [4.69, 9.17) is 5.73 Å². The molecule has 2 rings (SSSR count). The van der Waals surface area contributed by atoms with Crippen LogP contribution in [0.3, 0.4) is 0 Å². The predicted molar refractivity (Wildman–Crippen MR) is 68.5 cm³/mol. The Bertz CT molecular complexity index is 677. The van der Waals surface area contributed by atoms with E-state index in [1.165, 1.54) is 10.6 Å². The number of nitrogens with two attached hydrogens (primary N) is 1. The molecule has 0 aliphatic rings. The lowest BCUT2D eigenvalue weighted by molar-refractivity contribution is -0.137. The van der Waals surface area contributed by atoms with Crippen LogP contribution in [0.5, 0.6) is 0 Å². The normalized spacial score (nSPS) is 11.8. The monoisotopic (exact) mass is 304 g/mol. The highest BCUT2D eigenvalue weighted by atomic mass is 32.2. The molecule has 9 heteroatoms. The van der Waals surface area contributed by atoms with E-state index < -0.39 is 11.7 Å². The number of benzene rings is 1. The largest absolute Gasteiger partial charge is 0.416 e. The SMILES string of the molecule is CCn1c(Sc2ccc(C(F)(F)F)cc2N)n[nH]c1=O. The van der Waals surface area contributed by atoms with Gasteiger partial charge < -0.3 is 5.73 Å². The summed E-state index contributed by atoms with van der Waals surface area (Å²) in [5.74, 6) is 0. The highest BCUT2D eigenvalue weighted by Crippen LogP contribution is 2.36. The summed E-state index contributed by atoms with van der Waals surface area (Å²) in [5.41, 5.74) is 4.42. The first-order valence-electron chi connectivity index (χ1n) is 5.62. The average molecular weight is 304 g/mol. The van der Waals surface area contributed by atoms with Crippen molar-refractivity contribution in [1.29, 1.82) is 0 Å². The number of anilines is 1. The fourth-order valence-corrected chi connectivity index (χ4v) is 2.50. The number of alkyl halides is 3. The third-order valence-electron chi connectivity index (χ3n) is 2.58. The second-order valence-corrected chi connectivity index (χ2v) is 4.92. The summed E-state index contributed by atoms with van der Waals surface area (Å²) in [6.07, 6.45) is -4.44. The standard InChI is InChI=1S/C11H11F3N4OS/c1-2-18-9(19)16-17-10(18)20-8-4-3-6(5-7(8)15)11(12,13)14/h3-5H,2,15H2,1H3,(H,16,19). The van der Waals surface area contributed by atoms with E-state index in [-0.39, 0.29) is 11.4 Å². The number of hydrogen-bond donors (Lipinski definition) is 2. The molecule has 0 spiro atoms. The molecule has 1 heterocycles. The number of nitrogen functional groups attached to an aromatic ring is 1. The van der Waals surface area contributed by atoms with Crippen LogP contribution in [-0.2, 0) is 12.7 Å². The Morgan fingerprint density at radius 2 is 2.15 bits per heavy atom. The van der Waals surface area contributed by atoms with E-state index >= 15 is 0 Å². The molecule has 108 valence electrons. The fraction of sp³-hybridized carbons (Fsp3) is 0.273. The van der Waals surface area contributed by atoms with Gasteiger partial charge >= 0.3 is 11.9 Å². The van der Waals surface area contributed by atoms with Gasteiger partial charge in [0, 0.05) is 17.1 Å². The lowest BCUT2D eigenvalue weighted by Crippen LogP contribution is -2.16. The molecule has 0 unspecified atom stereocenters. The predicted octanol–water partition coefficient (Wildman–Crippen LogP) is 2.34. The first kappa shape index (κ1) is 14.5. The average Bonchev–Trinajstić information content (AvgIpc) is 2.71. The van der Waals surface area contributed by atoms with Gasteiger partial charge in [-0.15, -0.1) is 5.10 Å². The van der Waals surface area contributed by atoms with Crippen molar-refractivity contribution in [2.24, 2.45) is 0 Å². The van der Waals surface area contributed by atoms with Crippen LogP contribution in [-0.4, -0.2) is 14.8 Å². The zero-order valence-electron chi connectivity index (χ0n) is 10.4. The zero-order chi connectivity index (χ0) is 14.9. The van der Waals surface area contributed by atoms with E-state index in [1.54, 1.807) is 6.92 Å². The Labute approximate surface area is 116 Å². The number of halogens is 3. The van der Waals surface area contributed by atoms with Gasteiger partial charge in [-0.1, -0.05) is 0 Å². The molecule has 0 aliphatic heterocycles. The molecule has 0 atom stereocenters. The van der Waals surface area contributed by atoms with Gasteiger partial charge in [0.2, 0.25) is 0 Å². The zero-order valence-corrected chi connectivity index (χ0v) is 11.2. The van der Waals surface area contributed by atoms with Crippen molar-refractivity contribution in [2.75, 3.05) is 5.73 Å². The smallest absolute Gasteiger partial charge is 0.398 e. The fourth-order valence-electron chi connectivity index (χ4n) is 1.58. The number of aromatic nitrogens is 3. The lowest BCUT2D eigenvalue weighted by Gasteiger charge is -2.10. The molecule has 1 aromatic heterocycles. The summed E-state index contributed by atoms with van der Waals surface area (Å²) < 4.78 is 38.9. The first-order chi connectivity index (χ1) is 9.32. The second kappa shape index (κ2) is 5.23. The summed E-state index contributed by atoms with van der Waals surface area (Å²) in [5, 5.41) is 6.43. The molecular weight excluding hydrogens is 293 g/mol. The molecule has 0 aliphatic carbocycles. The van der Waals surface area contributed by atoms with Crippen LogP contribution < -0.4 is 11.4 Å². The Morgan fingerprint density at radius 1 is 1.45 bits per heavy atom. The summed E-state index contributed by atoms with van der Waals surface area (Å²) in [7, 11) is 0. The number of H-pyrrole nitrogens is 1.